The lowest BCUT2D eigenvalue weighted by Gasteiger charge is -2.40. The van der Waals surface area contributed by atoms with Crippen molar-refractivity contribution >= 4 is 11.8 Å². The molecule has 0 aliphatic carbocycles. The molecule has 0 bridgehead atoms. The molecule has 3 heteroatoms. The summed E-state index contributed by atoms with van der Waals surface area (Å²) in [7, 11) is 0. The minimum atomic E-state index is 0.549. The summed E-state index contributed by atoms with van der Waals surface area (Å²) in [5.74, 6) is 2.49. The molecule has 96 valence electrons. The van der Waals surface area contributed by atoms with Gasteiger partial charge in [-0.15, -0.1) is 0 Å². The molecule has 1 aliphatic heterocycles. The van der Waals surface area contributed by atoms with E-state index in [1.54, 1.807) is 0 Å². The zero-order valence-corrected chi connectivity index (χ0v) is 12.0. The highest BCUT2D eigenvalue weighted by atomic mass is 32.2. The maximum absolute atomic E-state index is 5.90. The van der Waals surface area contributed by atoms with Crippen LogP contribution in [-0.4, -0.2) is 42.1 Å². The van der Waals surface area contributed by atoms with Gasteiger partial charge in [-0.2, -0.15) is 11.8 Å². The lowest BCUT2D eigenvalue weighted by molar-refractivity contribution is 0.0952. The predicted molar refractivity (Wildman–Crippen MR) is 75.0 cm³/mol. The third-order valence-electron chi connectivity index (χ3n) is 3.74. The smallest absolute Gasteiger partial charge is 0.0226 e. The van der Waals surface area contributed by atoms with E-state index >= 15 is 0 Å². The van der Waals surface area contributed by atoms with Crippen molar-refractivity contribution < 1.29 is 0 Å². The number of hydrogen-bond donors (Lipinski definition) is 1. The van der Waals surface area contributed by atoms with E-state index in [-0.39, 0.29) is 0 Å². The molecule has 2 N–H and O–H groups in total. The second-order valence-corrected chi connectivity index (χ2v) is 6.97. The average Bonchev–Trinajstić information content (AvgIpc) is 2.25. The van der Waals surface area contributed by atoms with Crippen LogP contribution in [0.5, 0.6) is 0 Å². The summed E-state index contributed by atoms with van der Waals surface area (Å²) in [6.07, 6.45) is 3.91. The lowest BCUT2D eigenvalue weighted by Crippen LogP contribution is -2.47. The van der Waals surface area contributed by atoms with Gasteiger partial charge < -0.3 is 5.73 Å². The average molecular weight is 244 g/mol. The number of rotatable bonds is 6. The van der Waals surface area contributed by atoms with Crippen molar-refractivity contribution in [1.29, 1.82) is 0 Å². The highest BCUT2D eigenvalue weighted by Crippen LogP contribution is 2.30. The van der Waals surface area contributed by atoms with Gasteiger partial charge in [0.25, 0.3) is 0 Å². The number of nitrogens with two attached hydrogens (primary N) is 1. The molecular weight excluding hydrogens is 216 g/mol. The third kappa shape index (κ3) is 4.64. The molecule has 0 aromatic carbocycles. The molecule has 16 heavy (non-hydrogen) atoms. The molecule has 2 nitrogen and oxygen atoms in total. The molecule has 1 aliphatic rings. The third-order valence-corrected chi connectivity index (χ3v) is 4.67. The predicted octanol–water partition coefficient (Wildman–Crippen LogP) is 2.58. The first-order chi connectivity index (χ1) is 7.59. The zero-order valence-electron chi connectivity index (χ0n) is 11.2. The standard InChI is InChI=1S/C13H28N2S/c1-4-16-10-5-12(11-14)15-8-6-13(2,3)7-9-15/h12H,4-11,14H2,1-3H3. The van der Waals surface area contributed by atoms with Gasteiger partial charge in [0.05, 0.1) is 0 Å². The van der Waals surface area contributed by atoms with Crippen LogP contribution in [0.3, 0.4) is 0 Å². The molecule has 1 saturated heterocycles. The van der Waals surface area contributed by atoms with Crippen molar-refractivity contribution in [1.82, 2.24) is 4.90 Å². The summed E-state index contributed by atoms with van der Waals surface area (Å²) in [5.41, 5.74) is 6.45. The molecule has 1 unspecified atom stereocenters. The van der Waals surface area contributed by atoms with Gasteiger partial charge in [0.2, 0.25) is 0 Å². The number of hydrogen-bond acceptors (Lipinski definition) is 3. The molecule has 1 heterocycles. The normalized spacial score (nSPS) is 23.2. The monoisotopic (exact) mass is 244 g/mol. The quantitative estimate of drug-likeness (QED) is 0.728. The fourth-order valence-corrected chi connectivity index (χ4v) is 3.04. The van der Waals surface area contributed by atoms with Crippen LogP contribution < -0.4 is 5.73 Å². The summed E-state index contributed by atoms with van der Waals surface area (Å²) >= 11 is 2.03. The number of nitrogens with zero attached hydrogens (tertiary/aromatic N) is 1. The van der Waals surface area contributed by atoms with E-state index in [0.29, 0.717) is 11.5 Å². The second kappa shape index (κ2) is 6.87. The van der Waals surface area contributed by atoms with E-state index in [0.717, 1.165) is 6.54 Å². The second-order valence-electron chi connectivity index (χ2n) is 5.58. The molecule has 0 saturated carbocycles. The van der Waals surface area contributed by atoms with Gasteiger partial charge in [0, 0.05) is 12.6 Å². The van der Waals surface area contributed by atoms with Crippen LogP contribution in [0.25, 0.3) is 0 Å². The van der Waals surface area contributed by atoms with Crippen molar-refractivity contribution in [2.45, 2.75) is 46.1 Å². The summed E-state index contributed by atoms with van der Waals surface area (Å²) in [6, 6.07) is 0.621. The minimum Gasteiger partial charge on any atom is -0.329 e. The molecule has 1 fully saturated rings. The van der Waals surface area contributed by atoms with Crippen LogP contribution in [0, 0.1) is 5.41 Å². The molecule has 1 atom stereocenters. The Morgan fingerprint density at radius 2 is 1.94 bits per heavy atom. The molecular formula is C13H28N2S. The number of thioether (sulfide) groups is 1. The van der Waals surface area contributed by atoms with Crippen molar-refractivity contribution in [2.24, 2.45) is 11.1 Å². The zero-order chi connectivity index (χ0) is 12.0. The van der Waals surface area contributed by atoms with Crippen molar-refractivity contribution in [3.8, 4) is 0 Å². The Labute approximate surface area is 105 Å². The Balaban J connectivity index is 2.31. The molecule has 0 spiro atoms. The Morgan fingerprint density at radius 3 is 2.44 bits per heavy atom. The topological polar surface area (TPSA) is 29.3 Å². The largest absolute Gasteiger partial charge is 0.329 e. The highest BCUT2D eigenvalue weighted by Gasteiger charge is 2.28. The maximum atomic E-state index is 5.90. The summed E-state index contributed by atoms with van der Waals surface area (Å²) in [5, 5.41) is 0. The Morgan fingerprint density at radius 1 is 1.31 bits per heavy atom. The lowest BCUT2D eigenvalue weighted by atomic mass is 9.82. The first-order valence-corrected chi connectivity index (χ1v) is 7.76. The van der Waals surface area contributed by atoms with E-state index < -0.39 is 0 Å². The summed E-state index contributed by atoms with van der Waals surface area (Å²) in [4.78, 5) is 2.61. The van der Waals surface area contributed by atoms with Gasteiger partial charge in [0.15, 0.2) is 0 Å². The first kappa shape index (κ1) is 14.3. The van der Waals surface area contributed by atoms with Gasteiger partial charge in [-0.25, -0.2) is 0 Å². The van der Waals surface area contributed by atoms with Gasteiger partial charge in [-0.3, -0.25) is 4.90 Å². The van der Waals surface area contributed by atoms with Crippen molar-refractivity contribution in [3.63, 3.8) is 0 Å². The van der Waals surface area contributed by atoms with E-state index in [2.05, 4.69) is 25.7 Å². The van der Waals surface area contributed by atoms with E-state index in [4.69, 9.17) is 5.73 Å². The van der Waals surface area contributed by atoms with Gasteiger partial charge in [-0.05, 0) is 49.3 Å². The molecule has 0 aromatic rings. The fraction of sp³-hybridized carbons (Fsp3) is 1.00. The maximum Gasteiger partial charge on any atom is 0.0226 e. The molecule has 1 rings (SSSR count). The van der Waals surface area contributed by atoms with E-state index in [1.165, 1.54) is 43.9 Å². The summed E-state index contributed by atoms with van der Waals surface area (Å²) < 4.78 is 0. The molecule has 0 radical (unpaired) electrons. The SMILES string of the molecule is CCSCCC(CN)N1CCC(C)(C)CC1. The molecule has 0 aromatic heterocycles. The summed E-state index contributed by atoms with van der Waals surface area (Å²) in [6.45, 7) is 10.3. The van der Waals surface area contributed by atoms with Crippen molar-refractivity contribution in [2.75, 3.05) is 31.1 Å². The Hall–Kier alpha value is 0.270. The van der Waals surface area contributed by atoms with Crippen LogP contribution in [0.4, 0.5) is 0 Å². The Kier molecular flexibility index (Phi) is 6.16. The van der Waals surface area contributed by atoms with Crippen molar-refractivity contribution in [3.05, 3.63) is 0 Å². The van der Waals surface area contributed by atoms with Crippen LogP contribution in [0.1, 0.15) is 40.0 Å². The van der Waals surface area contributed by atoms with Crippen LogP contribution in [0.15, 0.2) is 0 Å². The van der Waals surface area contributed by atoms with E-state index in [1.807, 2.05) is 11.8 Å². The van der Waals surface area contributed by atoms with E-state index in [9.17, 15) is 0 Å². The highest BCUT2D eigenvalue weighted by molar-refractivity contribution is 7.99. The number of likely N-dealkylation sites (tertiary alicyclic amines) is 1. The van der Waals surface area contributed by atoms with Gasteiger partial charge in [-0.1, -0.05) is 20.8 Å². The van der Waals surface area contributed by atoms with Crippen LogP contribution in [0.2, 0.25) is 0 Å². The van der Waals surface area contributed by atoms with Crippen LogP contribution in [-0.2, 0) is 0 Å². The van der Waals surface area contributed by atoms with Gasteiger partial charge in [0.1, 0.15) is 0 Å². The Bertz CT molecular complexity index is 184. The minimum absolute atomic E-state index is 0.549. The first-order valence-electron chi connectivity index (χ1n) is 6.61. The van der Waals surface area contributed by atoms with Gasteiger partial charge >= 0.3 is 0 Å². The fourth-order valence-electron chi connectivity index (χ4n) is 2.31. The number of piperidine rings is 1. The van der Waals surface area contributed by atoms with Crippen LogP contribution >= 0.6 is 11.8 Å². The molecule has 0 amide bonds.